The van der Waals surface area contributed by atoms with E-state index in [1.165, 1.54) is 4.31 Å². The Balaban J connectivity index is 1.16. The molecule has 0 radical (unpaired) electrons. The Bertz CT molecular complexity index is 1210. The minimum Gasteiger partial charge on any atom is -0.495 e. The molecular weight excluding hydrogens is 514 g/mol. The Morgan fingerprint density at radius 2 is 1.44 bits per heavy atom. The summed E-state index contributed by atoms with van der Waals surface area (Å²) < 4.78 is 33.0. The Morgan fingerprint density at radius 3 is 2.03 bits per heavy atom. The Kier molecular flexibility index (Phi) is 8.49. The number of carbonyl (C=O) groups is 1. The number of carboxylic acid groups (broad SMARTS) is 1. The number of sulfonamides is 1. The van der Waals surface area contributed by atoms with E-state index < -0.39 is 20.7 Å². The molecule has 0 saturated carbocycles. The summed E-state index contributed by atoms with van der Waals surface area (Å²) in [5.41, 5.74) is 2.28. The molecule has 2 aromatic carbocycles. The number of rotatable bonds is 8. The van der Waals surface area contributed by atoms with Crippen molar-refractivity contribution in [1.29, 1.82) is 0 Å². The predicted octanol–water partition coefficient (Wildman–Crippen LogP) is 4.07. The molecule has 3 aliphatic heterocycles. The van der Waals surface area contributed by atoms with Crippen LogP contribution in [0.2, 0.25) is 0 Å². The molecule has 3 fully saturated rings. The molecule has 212 valence electrons. The Morgan fingerprint density at radius 1 is 0.872 bits per heavy atom. The van der Waals surface area contributed by atoms with E-state index >= 15 is 0 Å². The number of anilines is 1. The number of ether oxygens (including phenoxy) is 1. The number of methoxy groups -OCH3 is 1. The van der Waals surface area contributed by atoms with Crippen LogP contribution >= 0.6 is 0 Å². The van der Waals surface area contributed by atoms with E-state index in [0.717, 1.165) is 55.8 Å². The van der Waals surface area contributed by atoms with Gasteiger partial charge in [0.15, 0.2) is 4.75 Å². The summed E-state index contributed by atoms with van der Waals surface area (Å²) in [7, 11) is -2.26. The number of para-hydroxylation sites is 2. The summed E-state index contributed by atoms with van der Waals surface area (Å²) >= 11 is 0. The number of benzene rings is 2. The topological polar surface area (TPSA) is 90.4 Å². The van der Waals surface area contributed by atoms with Crippen LogP contribution in [0.3, 0.4) is 0 Å². The highest BCUT2D eigenvalue weighted by molar-refractivity contribution is 7.91. The second-order valence-electron chi connectivity index (χ2n) is 11.3. The summed E-state index contributed by atoms with van der Waals surface area (Å²) in [5.74, 6) is 0.737. The number of hydrogen-bond acceptors (Lipinski definition) is 6. The summed E-state index contributed by atoms with van der Waals surface area (Å²) in [4.78, 5) is 17.0. The maximum absolute atomic E-state index is 13.8. The summed E-state index contributed by atoms with van der Waals surface area (Å²) in [6.45, 7) is 4.39. The molecule has 3 heterocycles. The zero-order valence-corrected chi connectivity index (χ0v) is 23.7. The molecule has 0 aromatic heterocycles. The molecule has 0 bridgehead atoms. The van der Waals surface area contributed by atoms with Crippen LogP contribution in [-0.2, 0) is 21.4 Å². The van der Waals surface area contributed by atoms with Crippen molar-refractivity contribution < 1.29 is 23.1 Å². The van der Waals surface area contributed by atoms with Gasteiger partial charge in [-0.05, 0) is 68.1 Å². The normalized spacial score (nSPS) is 22.0. The number of likely N-dealkylation sites (tertiary alicyclic amines) is 1. The molecule has 3 saturated heterocycles. The molecule has 0 spiro atoms. The lowest BCUT2D eigenvalue weighted by molar-refractivity contribution is -0.141. The van der Waals surface area contributed by atoms with E-state index in [1.54, 1.807) is 7.11 Å². The fourth-order valence-electron chi connectivity index (χ4n) is 6.83. The molecule has 8 nitrogen and oxygen atoms in total. The van der Waals surface area contributed by atoms with Crippen LogP contribution in [-0.4, -0.2) is 79.8 Å². The minimum atomic E-state index is -3.96. The van der Waals surface area contributed by atoms with Crippen molar-refractivity contribution in [2.45, 2.75) is 49.8 Å². The van der Waals surface area contributed by atoms with Crippen molar-refractivity contribution in [1.82, 2.24) is 9.21 Å². The Labute approximate surface area is 232 Å². The maximum Gasteiger partial charge on any atom is 0.326 e. The monoisotopic (exact) mass is 555 g/mol. The van der Waals surface area contributed by atoms with Crippen LogP contribution in [0.25, 0.3) is 0 Å². The van der Waals surface area contributed by atoms with Gasteiger partial charge in [-0.3, -0.25) is 9.69 Å². The highest BCUT2D eigenvalue weighted by Gasteiger charge is 2.55. The number of piperidine rings is 3. The van der Waals surface area contributed by atoms with Gasteiger partial charge in [-0.15, -0.1) is 0 Å². The average Bonchev–Trinajstić information content (AvgIpc) is 2.98. The van der Waals surface area contributed by atoms with Gasteiger partial charge in [-0.2, -0.15) is 0 Å². The first-order valence-electron chi connectivity index (χ1n) is 14.2. The van der Waals surface area contributed by atoms with Crippen molar-refractivity contribution in [2.24, 2.45) is 11.8 Å². The lowest BCUT2D eigenvalue weighted by Crippen LogP contribution is -2.59. The van der Waals surface area contributed by atoms with E-state index in [-0.39, 0.29) is 12.8 Å². The molecule has 0 unspecified atom stereocenters. The predicted molar refractivity (Wildman–Crippen MR) is 152 cm³/mol. The van der Waals surface area contributed by atoms with Gasteiger partial charge in [0.05, 0.1) is 12.8 Å². The lowest BCUT2D eigenvalue weighted by atomic mass is 9.79. The largest absolute Gasteiger partial charge is 0.495 e. The fraction of sp³-hybridized carbons (Fsp3) is 0.567. The molecular formula is C30H41N3O5S. The molecule has 3 aliphatic rings. The molecule has 0 atom stereocenters. The van der Waals surface area contributed by atoms with Crippen LogP contribution in [0.1, 0.15) is 44.1 Å². The SMILES string of the molecule is COc1ccccc1N1CCC(C2CCN(S(=O)(=O)C3(C(=O)O)CCN(Cc4ccccc4)CC3)CC2)CC1. The number of aliphatic carboxylic acids is 1. The van der Waals surface area contributed by atoms with Crippen LogP contribution in [0, 0.1) is 11.8 Å². The molecule has 9 heteroatoms. The van der Waals surface area contributed by atoms with Crippen molar-refractivity contribution in [3.63, 3.8) is 0 Å². The summed E-state index contributed by atoms with van der Waals surface area (Å²) in [6, 6.07) is 18.1. The van der Waals surface area contributed by atoms with Crippen molar-refractivity contribution in [3.05, 3.63) is 60.2 Å². The van der Waals surface area contributed by atoms with E-state index in [2.05, 4.69) is 15.9 Å². The first kappa shape index (κ1) is 27.9. The Hall–Kier alpha value is -2.62. The van der Waals surface area contributed by atoms with Gasteiger partial charge in [0.1, 0.15) is 5.75 Å². The lowest BCUT2D eigenvalue weighted by Gasteiger charge is -2.44. The van der Waals surface area contributed by atoms with E-state index in [1.807, 2.05) is 48.5 Å². The highest BCUT2D eigenvalue weighted by Crippen LogP contribution is 2.40. The number of nitrogens with zero attached hydrogens (tertiary/aromatic N) is 3. The molecule has 39 heavy (non-hydrogen) atoms. The van der Waals surface area contributed by atoms with E-state index in [4.69, 9.17) is 4.74 Å². The van der Waals surface area contributed by atoms with Crippen molar-refractivity contribution in [3.8, 4) is 5.75 Å². The van der Waals surface area contributed by atoms with Crippen LogP contribution in [0.5, 0.6) is 5.75 Å². The molecule has 1 N–H and O–H groups in total. The standard InChI is InChI=1S/C30H41N3O5S/c1-38-28-10-6-5-9-27(28)32-17-11-25(12-18-32)26-13-19-33(20-14-26)39(36,37)30(29(34)35)15-21-31(22-16-30)23-24-7-3-2-4-8-24/h2-10,25-26H,11-23H2,1H3,(H,34,35). The molecule has 5 rings (SSSR count). The van der Waals surface area contributed by atoms with Crippen LogP contribution in [0.15, 0.2) is 54.6 Å². The quantitative estimate of drug-likeness (QED) is 0.525. The van der Waals surface area contributed by atoms with Crippen molar-refractivity contribution in [2.75, 3.05) is 51.3 Å². The second kappa shape index (κ2) is 11.9. The van der Waals surface area contributed by atoms with Crippen LogP contribution in [0.4, 0.5) is 5.69 Å². The number of carboxylic acids is 1. The van der Waals surface area contributed by atoms with Gasteiger partial charge in [0.25, 0.3) is 0 Å². The minimum absolute atomic E-state index is 0.124. The fourth-order valence-corrected chi connectivity index (χ4v) is 8.94. The number of hydrogen-bond donors (Lipinski definition) is 1. The molecule has 0 aliphatic carbocycles. The van der Waals surface area contributed by atoms with E-state index in [9.17, 15) is 18.3 Å². The van der Waals surface area contributed by atoms with Gasteiger partial charge in [0, 0.05) is 45.8 Å². The maximum atomic E-state index is 13.8. The highest BCUT2D eigenvalue weighted by atomic mass is 32.2. The first-order valence-corrected chi connectivity index (χ1v) is 15.7. The average molecular weight is 556 g/mol. The molecule has 0 amide bonds. The third kappa shape index (κ3) is 5.67. The van der Waals surface area contributed by atoms with Gasteiger partial charge in [-0.1, -0.05) is 42.5 Å². The van der Waals surface area contributed by atoms with Gasteiger partial charge in [-0.25, -0.2) is 12.7 Å². The second-order valence-corrected chi connectivity index (χ2v) is 13.5. The van der Waals surface area contributed by atoms with Gasteiger partial charge >= 0.3 is 5.97 Å². The first-order chi connectivity index (χ1) is 18.8. The smallest absolute Gasteiger partial charge is 0.326 e. The van der Waals surface area contributed by atoms with E-state index in [0.29, 0.717) is 44.6 Å². The van der Waals surface area contributed by atoms with Crippen LogP contribution < -0.4 is 9.64 Å². The third-order valence-electron chi connectivity index (χ3n) is 9.27. The van der Waals surface area contributed by atoms with Crippen molar-refractivity contribution >= 4 is 21.7 Å². The molecule has 2 aromatic rings. The van der Waals surface area contributed by atoms with Gasteiger partial charge in [0.2, 0.25) is 10.0 Å². The summed E-state index contributed by atoms with van der Waals surface area (Å²) in [5, 5.41) is 10.2. The zero-order chi connectivity index (χ0) is 27.5. The summed E-state index contributed by atoms with van der Waals surface area (Å²) in [6.07, 6.45) is 4.00. The zero-order valence-electron chi connectivity index (χ0n) is 22.9. The van der Waals surface area contributed by atoms with Gasteiger partial charge < -0.3 is 14.7 Å². The third-order valence-corrected chi connectivity index (χ3v) is 11.9.